The first-order chi connectivity index (χ1) is 10.6. The molecule has 0 saturated carbocycles. The van der Waals surface area contributed by atoms with Gasteiger partial charge in [-0.25, -0.2) is 13.8 Å². The van der Waals surface area contributed by atoms with Crippen molar-refractivity contribution in [3.05, 3.63) is 47.8 Å². The van der Waals surface area contributed by atoms with E-state index in [-0.39, 0.29) is 11.5 Å². The van der Waals surface area contributed by atoms with Crippen molar-refractivity contribution in [1.29, 1.82) is 0 Å². The molecule has 7 heteroatoms. The maximum Gasteiger partial charge on any atom is 0.254 e. The van der Waals surface area contributed by atoms with E-state index in [2.05, 4.69) is 9.88 Å². The summed E-state index contributed by atoms with van der Waals surface area (Å²) in [4.78, 5) is 20.3. The molecular weight excluding hydrogens is 290 g/mol. The van der Waals surface area contributed by atoms with Gasteiger partial charge in [0.2, 0.25) is 5.95 Å². The Morgan fingerprint density at radius 1 is 1.14 bits per heavy atom. The van der Waals surface area contributed by atoms with Gasteiger partial charge in [-0.05, 0) is 18.2 Å². The van der Waals surface area contributed by atoms with Gasteiger partial charge in [0.15, 0.2) is 11.6 Å². The molecule has 1 aliphatic heterocycles. The van der Waals surface area contributed by atoms with Crippen LogP contribution in [0.3, 0.4) is 0 Å². The van der Waals surface area contributed by atoms with Crippen LogP contribution in [0, 0.1) is 11.6 Å². The minimum absolute atomic E-state index is 0.171. The van der Waals surface area contributed by atoms with Crippen LogP contribution in [0.1, 0.15) is 10.4 Å². The van der Waals surface area contributed by atoms with E-state index in [1.165, 1.54) is 6.07 Å². The molecule has 3 rings (SSSR count). The Labute approximate surface area is 126 Å². The average molecular weight is 306 g/mol. The number of anilines is 1. The van der Waals surface area contributed by atoms with Gasteiger partial charge in [-0.3, -0.25) is 4.79 Å². The summed E-state index contributed by atoms with van der Waals surface area (Å²) in [5, 5.41) is 0. The molecule has 1 saturated heterocycles. The van der Waals surface area contributed by atoms with E-state index < -0.39 is 11.6 Å². The van der Waals surface area contributed by atoms with Gasteiger partial charge in [0, 0.05) is 51.2 Å². The Kier molecular flexibility index (Phi) is 3.79. The Morgan fingerprint density at radius 2 is 1.86 bits per heavy atom. The second-order valence-electron chi connectivity index (χ2n) is 5.25. The summed E-state index contributed by atoms with van der Waals surface area (Å²) in [6, 6.07) is 3.24. The second-order valence-corrected chi connectivity index (χ2v) is 5.25. The molecule has 0 bridgehead atoms. The highest BCUT2D eigenvalue weighted by molar-refractivity contribution is 5.94. The summed E-state index contributed by atoms with van der Waals surface area (Å²) in [6.45, 7) is 2.34. The van der Waals surface area contributed by atoms with Crippen molar-refractivity contribution in [2.75, 3.05) is 31.1 Å². The molecule has 0 unspecified atom stereocenters. The molecule has 2 heterocycles. The van der Waals surface area contributed by atoms with Crippen molar-refractivity contribution in [3.63, 3.8) is 0 Å². The normalized spacial score (nSPS) is 15.2. The molecule has 1 fully saturated rings. The Bertz CT molecular complexity index is 693. The Morgan fingerprint density at radius 3 is 2.45 bits per heavy atom. The number of imidazole rings is 1. The summed E-state index contributed by atoms with van der Waals surface area (Å²) in [5.41, 5.74) is 0.171. The van der Waals surface area contributed by atoms with Gasteiger partial charge in [-0.15, -0.1) is 0 Å². The van der Waals surface area contributed by atoms with Crippen molar-refractivity contribution in [2.45, 2.75) is 0 Å². The standard InChI is InChI=1S/C15H16F2N4O/c1-19-5-4-18-15(19)21-8-6-20(7-9-21)14(22)11-2-3-12(16)13(17)10-11/h2-5,10H,6-9H2,1H3. The number of rotatable bonds is 2. The smallest absolute Gasteiger partial charge is 0.254 e. The van der Waals surface area contributed by atoms with E-state index in [0.717, 1.165) is 18.1 Å². The summed E-state index contributed by atoms with van der Waals surface area (Å²) < 4.78 is 28.1. The number of hydrogen-bond acceptors (Lipinski definition) is 3. The molecule has 22 heavy (non-hydrogen) atoms. The molecule has 2 aromatic rings. The lowest BCUT2D eigenvalue weighted by atomic mass is 10.1. The maximum atomic E-state index is 13.2. The van der Waals surface area contributed by atoms with Gasteiger partial charge in [-0.2, -0.15) is 0 Å². The van der Waals surface area contributed by atoms with E-state index in [9.17, 15) is 13.6 Å². The lowest BCUT2D eigenvalue weighted by Crippen LogP contribution is -2.49. The van der Waals surface area contributed by atoms with E-state index >= 15 is 0 Å². The SMILES string of the molecule is Cn1ccnc1N1CCN(C(=O)c2ccc(F)c(F)c2)CC1. The number of carbonyl (C=O) groups is 1. The minimum Gasteiger partial charge on any atom is -0.339 e. The highest BCUT2D eigenvalue weighted by atomic mass is 19.2. The van der Waals surface area contributed by atoms with Crippen molar-refractivity contribution in [1.82, 2.24) is 14.5 Å². The zero-order chi connectivity index (χ0) is 15.7. The monoisotopic (exact) mass is 306 g/mol. The van der Waals surface area contributed by atoms with Gasteiger partial charge in [0.25, 0.3) is 5.91 Å². The molecular formula is C15H16F2N4O. The first-order valence-corrected chi connectivity index (χ1v) is 7.03. The molecule has 1 aliphatic rings. The van der Waals surface area contributed by atoms with Gasteiger partial charge in [0.1, 0.15) is 0 Å². The van der Waals surface area contributed by atoms with Crippen LogP contribution in [0.4, 0.5) is 14.7 Å². The molecule has 5 nitrogen and oxygen atoms in total. The predicted octanol–water partition coefficient (Wildman–Crippen LogP) is 1.66. The van der Waals surface area contributed by atoms with Crippen LogP contribution in [0.25, 0.3) is 0 Å². The van der Waals surface area contributed by atoms with Gasteiger partial charge < -0.3 is 14.4 Å². The summed E-state index contributed by atoms with van der Waals surface area (Å²) in [5.74, 6) is -1.37. The molecule has 1 aromatic heterocycles. The summed E-state index contributed by atoms with van der Waals surface area (Å²) >= 11 is 0. The van der Waals surface area contributed by atoms with E-state index in [1.807, 2.05) is 17.8 Å². The molecule has 0 spiro atoms. The number of aromatic nitrogens is 2. The van der Waals surface area contributed by atoms with E-state index in [1.54, 1.807) is 11.1 Å². The highest BCUT2D eigenvalue weighted by Crippen LogP contribution is 2.16. The van der Waals surface area contributed by atoms with E-state index in [0.29, 0.717) is 26.2 Å². The Balaban J connectivity index is 1.67. The summed E-state index contributed by atoms with van der Waals surface area (Å²) in [7, 11) is 1.92. The minimum atomic E-state index is -1.00. The number of aryl methyl sites for hydroxylation is 1. The van der Waals surface area contributed by atoms with Crippen LogP contribution in [-0.2, 0) is 7.05 Å². The Hall–Kier alpha value is -2.44. The first kappa shape index (κ1) is 14.5. The molecule has 0 N–H and O–H groups in total. The third-order valence-electron chi connectivity index (χ3n) is 3.81. The fraction of sp³-hybridized carbons (Fsp3) is 0.333. The number of halogens is 2. The largest absolute Gasteiger partial charge is 0.339 e. The van der Waals surface area contributed by atoms with Crippen LogP contribution in [0.5, 0.6) is 0 Å². The molecule has 116 valence electrons. The number of benzene rings is 1. The van der Waals surface area contributed by atoms with Crippen LogP contribution in [0.15, 0.2) is 30.6 Å². The third kappa shape index (κ3) is 2.66. The number of amides is 1. The van der Waals surface area contributed by atoms with Crippen LogP contribution >= 0.6 is 0 Å². The molecule has 0 aliphatic carbocycles. The maximum absolute atomic E-state index is 13.2. The van der Waals surface area contributed by atoms with Gasteiger partial charge in [0.05, 0.1) is 0 Å². The highest BCUT2D eigenvalue weighted by Gasteiger charge is 2.24. The number of nitrogens with zero attached hydrogens (tertiary/aromatic N) is 4. The first-order valence-electron chi connectivity index (χ1n) is 7.03. The van der Waals surface area contributed by atoms with Crippen LogP contribution < -0.4 is 4.90 Å². The quantitative estimate of drug-likeness (QED) is 0.847. The molecule has 1 aromatic carbocycles. The topological polar surface area (TPSA) is 41.4 Å². The zero-order valence-corrected chi connectivity index (χ0v) is 12.2. The van der Waals surface area contributed by atoms with E-state index in [4.69, 9.17) is 0 Å². The molecule has 1 amide bonds. The van der Waals surface area contributed by atoms with Gasteiger partial charge >= 0.3 is 0 Å². The second kappa shape index (κ2) is 5.75. The number of piperazine rings is 1. The lowest BCUT2D eigenvalue weighted by Gasteiger charge is -2.35. The van der Waals surface area contributed by atoms with Crippen molar-refractivity contribution in [3.8, 4) is 0 Å². The van der Waals surface area contributed by atoms with Crippen LogP contribution in [0.2, 0.25) is 0 Å². The van der Waals surface area contributed by atoms with Crippen LogP contribution in [-0.4, -0.2) is 46.5 Å². The number of hydrogen-bond donors (Lipinski definition) is 0. The molecule has 0 radical (unpaired) electrons. The lowest BCUT2D eigenvalue weighted by molar-refractivity contribution is 0.0745. The van der Waals surface area contributed by atoms with Crippen molar-refractivity contribution >= 4 is 11.9 Å². The van der Waals surface area contributed by atoms with Crippen molar-refractivity contribution < 1.29 is 13.6 Å². The number of carbonyl (C=O) groups excluding carboxylic acids is 1. The third-order valence-corrected chi connectivity index (χ3v) is 3.81. The summed E-state index contributed by atoms with van der Waals surface area (Å²) in [6.07, 6.45) is 3.60. The van der Waals surface area contributed by atoms with Gasteiger partial charge in [-0.1, -0.05) is 0 Å². The molecule has 0 atom stereocenters. The fourth-order valence-corrected chi connectivity index (χ4v) is 2.58. The zero-order valence-electron chi connectivity index (χ0n) is 12.2. The average Bonchev–Trinajstić information content (AvgIpc) is 2.95. The predicted molar refractivity (Wildman–Crippen MR) is 77.7 cm³/mol. The fourth-order valence-electron chi connectivity index (χ4n) is 2.58. The van der Waals surface area contributed by atoms with Crippen molar-refractivity contribution in [2.24, 2.45) is 7.05 Å².